The Morgan fingerprint density at radius 2 is 1.82 bits per heavy atom. The van der Waals surface area contributed by atoms with E-state index in [9.17, 15) is 0 Å². The highest BCUT2D eigenvalue weighted by molar-refractivity contribution is 9.10. The van der Waals surface area contributed by atoms with Gasteiger partial charge in [0, 0.05) is 28.1 Å². The molecule has 0 spiro atoms. The van der Waals surface area contributed by atoms with Gasteiger partial charge in [-0.1, -0.05) is 52.3 Å². The molecule has 0 radical (unpaired) electrons. The molecule has 0 aliphatic heterocycles. The first-order valence-electron chi connectivity index (χ1n) is 5.46. The van der Waals surface area contributed by atoms with Crippen molar-refractivity contribution in [3.8, 4) is 11.1 Å². The monoisotopic (exact) mass is 309 g/mol. The normalized spacial score (nSPS) is 10.2. The van der Waals surface area contributed by atoms with Crippen LogP contribution in [0.15, 0.2) is 53.0 Å². The van der Waals surface area contributed by atoms with Crippen molar-refractivity contribution in [2.45, 2.75) is 0 Å². The third kappa shape index (κ3) is 3.24. The largest absolute Gasteiger partial charge is 0.383 e. The Labute approximate surface area is 115 Å². The summed E-state index contributed by atoms with van der Waals surface area (Å²) in [4.78, 5) is 0. The number of rotatable bonds is 4. The molecule has 17 heavy (non-hydrogen) atoms. The van der Waals surface area contributed by atoms with E-state index in [0.29, 0.717) is 5.88 Å². The molecule has 0 aromatic heterocycles. The van der Waals surface area contributed by atoms with Crippen molar-refractivity contribution in [2.24, 2.45) is 0 Å². The molecule has 0 fully saturated rings. The van der Waals surface area contributed by atoms with Gasteiger partial charge in [0.15, 0.2) is 0 Å². The quantitative estimate of drug-likeness (QED) is 0.802. The fourth-order valence-electron chi connectivity index (χ4n) is 1.71. The molecular weight excluding hydrogens is 298 g/mol. The van der Waals surface area contributed by atoms with Gasteiger partial charge in [0.25, 0.3) is 0 Å². The Morgan fingerprint density at radius 3 is 2.53 bits per heavy atom. The van der Waals surface area contributed by atoms with Gasteiger partial charge in [-0.3, -0.25) is 0 Å². The molecule has 0 amide bonds. The number of benzene rings is 2. The maximum Gasteiger partial charge on any atom is 0.0431 e. The number of anilines is 1. The molecule has 1 N–H and O–H groups in total. The van der Waals surface area contributed by atoms with E-state index in [1.807, 2.05) is 24.3 Å². The highest BCUT2D eigenvalue weighted by atomic mass is 79.9. The fraction of sp³-hybridized carbons (Fsp3) is 0.143. The highest BCUT2D eigenvalue weighted by Gasteiger charge is 2.04. The van der Waals surface area contributed by atoms with Crippen LogP contribution >= 0.6 is 27.5 Å². The predicted octanol–water partition coefficient (Wildman–Crippen LogP) is 4.77. The number of alkyl halides is 1. The van der Waals surface area contributed by atoms with Crippen LogP contribution in [0.4, 0.5) is 5.69 Å². The Morgan fingerprint density at radius 1 is 1.06 bits per heavy atom. The summed E-state index contributed by atoms with van der Waals surface area (Å²) in [5.74, 6) is 0.598. The van der Waals surface area contributed by atoms with Crippen LogP contribution in [0.2, 0.25) is 0 Å². The lowest BCUT2D eigenvalue weighted by molar-refractivity contribution is 1.22. The fourth-order valence-corrected chi connectivity index (χ4v) is 2.17. The summed E-state index contributed by atoms with van der Waals surface area (Å²) in [7, 11) is 0. The van der Waals surface area contributed by atoms with Gasteiger partial charge < -0.3 is 5.32 Å². The zero-order valence-electron chi connectivity index (χ0n) is 9.29. The van der Waals surface area contributed by atoms with E-state index >= 15 is 0 Å². The lowest BCUT2D eigenvalue weighted by atomic mass is 10.0. The second-order valence-corrected chi connectivity index (χ2v) is 4.97. The number of hydrogen-bond acceptors (Lipinski definition) is 1. The Balaban J connectivity index is 2.39. The second-order valence-electron chi connectivity index (χ2n) is 3.67. The molecule has 0 bridgehead atoms. The van der Waals surface area contributed by atoms with Crippen LogP contribution in [0.1, 0.15) is 0 Å². The average molecular weight is 311 g/mol. The summed E-state index contributed by atoms with van der Waals surface area (Å²) in [6, 6.07) is 16.6. The summed E-state index contributed by atoms with van der Waals surface area (Å²) in [5, 5.41) is 3.34. The van der Waals surface area contributed by atoms with Crippen molar-refractivity contribution in [3.05, 3.63) is 53.0 Å². The summed E-state index contributed by atoms with van der Waals surface area (Å²) < 4.78 is 1.06. The molecule has 88 valence electrons. The zero-order valence-corrected chi connectivity index (χ0v) is 11.6. The molecule has 3 heteroatoms. The van der Waals surface area contributed by atoms with Gasteiger partial charge in [-0.2, -0.15) is 0 Å². The highest BCUT2D eigenvalue weighted by Crippen LogP contribution is 2.30. The van der Waals surface area contributed by atoms with Crippen molar-refractivity contribution in [2.75, 3.05) is 17.7 Å². The molecule has 0 unspecified atom stereocenters. The molecule has 0 heterocycles. The van der Waals surface area contributed by atoms with Crippen molar-refractivity contribution < 1.29 is 0 Å². The van der Waals surface area contributed by atoms with Crippen molar-refractivity contribution in [1.82, 2.24) is 0 Å². The van der Waals surface area contributed by atoms with E-state index in [4.69, 9.17) is 11.6 Å². The first-order chi connectivity index (χ1) is 8.31. The average Bonchev–Trinajstić information content (AvgIpc) is 2.37. The summed E-state index contributed by atoms with van der Waals surface area (Å²) in [6.45, 7) is 0.762. The molecule has 0 atom stereocenters. The van der Waals surface area contributed by atoms with E-state index in [1.54, 1.807) is 0 Å². The number of hydrogen-bond donors (Lipinski definition) is 1. The molecule has 0 aliphatic rings. The SMILES string of the molecule is ClCCNc1cc(Br)ccc1-c1ccccc1. The Hall–Kier alpha value is -0.990. The van der Waals surface area contributed by atoms with Crippen LogP contribution in [0.25, 0.3) is 11.1 Å². The minimum atomic E-state index is 0.598. The van der Waals surface area contributed by atoms with Crippen LogP contribution in [0.3, 0.4) is 0 Å². The number of nitrogens with one attached hydrogen (secondary N) is 1. The van der Waals surface area contributed by atoms with Crippen LogP contribution in [0.5, 0.6) is 0 Å². The maximum absolute atomic E-state index is 5.72. The van der Waals surface area contributed by atoms with Gasteiger partial charge in [-0.15, -0.1) is 11.6 Å². The molecular formula is C14H13BrClN. The molecule has 2 aromatic carbocycles. The zero-order chi connectivity index (χ0) is 12.1. The van der Waals surface area contributed by atoms with Gasteiger partial charge in [-0.25, -0.2) is 0 Å². The number of halogens is 2. The Kier molecular flexibility index (Phi) is 4.46. The van der Waals surface area contributed by atoms with Crippen molar-refractivity contribution >= 4 is 33.2 Å². The Bertz CT molecular complexity index is 485. The topological polar surface area (TPSA) is 12.0 Å². The van der Waals surface area contributed by atoms with Gasteiger partial charge in [-0.05, 0) is 17.7 Å². The van der Waals surface area contributed by atoms with E-state index in [-0.39, 0.29) is 0 Å². The van der Waals surface area contributed by atoms with Gasteiger partial charge in [0.2, 0.25) is 0 Å². The van der Waals surface area contributed by atoms with E-state index in [1.165, 1.54) is 11.1 Å². The molecule has 2 rings (SSSR count). The lowest BCUT2D eigenvalue weighted by Crippen LogP contribution is -2.03. The minimum Gasteiger partial charge on any atom is -0.383 e. The third-order valence-corrected chi connectivity index (χ3v) is 3.16. The first kappa shape index (κ1) is 12.5. The first-order valence-corrected chi connectivity index (χ1v) is 6.79. The van der Waals surface area contributed by atoms with Crippen LogP contribution in [0, 0.1) is 0 Å². The van der Waals surface area contributed by atoms with Crippen molar-refractivity contribution in [3.63, 3.8) is 0 Å². The molecule has 2 aromatic rings. The molecule has 1 nitrogen and oxygen atoms in total. The second kappa shape index (κ2) is 6.08. The van der Waals surface area contributed by atoms with Gasteiger partial charge in [0.1, 0.15) is 0 Å². The van der Waals surface area contributed by atoms with E-state index < -0.39 is 0 Å². The van der Waals surface area contributed by atoms with Crippen LogP contribution in [-0.2, 0) is 0 Å². The summed E-state index contributed by atoms with van der Waals surface area (Å²) in [5.41, 5.74) is 3.50. The third-order valence-electron chi connectivity index (χ3n) is 2.48. The maximum atomic E-state index is 5.72. The van der Waals surface area contributed by atoms with Crippen LogP contribution in [-0.4, -0.2) is 12.4 Å². The van der Waals surface area contributed by atoms with E-state index in [2.05, 4.69) is 45.5 Å². The van der Waals surface area contributed by atoms with Gasteiger partial charge in [0.05, 0.1) is 0 Å². The van der Waals surface area contributed by atoms with E-state index in [0.717, 1.165) is 16.7 Å². The summed E-state index contributed by atoms with van der Waals surface area (Å²) in [6.07, 6.45) is 0. The van der Waals surface area contributed by atoms with Crippen LogP contribution < -0.4 is 5.32 Å². The van der Waals surface area contributed by atoms with Gasteiger partial charge >= 0.3 is 0 Å². The molecule has 0 saturated heterocycles. The molecule has 0 aliphatic carbocycles. The standard InChI is InChI=1S/C14H13BrClN/c15-12-6-7-13(11-4-2-1-3-5-11)14(10-12)17-9-8-16/h1-7,10,17H,8-9H2. The minimum absolute atomic E-state index is 0.598. The molecule has 0 saturated carbocycles. The van der Waals surface area contributed by atoms with Crippen molar-refractivity contribution in [1.29, 1.82) is 0 Å². The lowest BCUT2D eigenvalue weighted by Gasteiger charge is -2.12. The summed E-state index contributed by atoms with van der Waals surface area (Å²) >= 11 is 9.20. The smallest absolute Gasteiger partial charge is 0.0431 e. The predicted molar refractivity (Wildman–Crippen MR) is 78.8 cm³/mol.